The third-order valence-electron chi connectivity index (χ3n) is 3.33. The lowest BCUT2D eigenvalue weighted by atomic mass is 10.2. The first-order valence-corrected chi connectivity index (χ1v) is 8.25. The van der Waals surface area contributed by atoms with Gasteiger partial charge in [-0.05, 0) is 39.2 Å². The van der Waals surface area contributed by atoms with Gasteiger partial charge in [0.15, 0.2) is 0 Å². The van der Waals surface area contributed by atoms with Crippen LogP contribution in [-0.2, 0) is 20.9 Å². The fraction of sp³-hybridized carbons (Fsp3) is 0.556. The average molecular weight is 334 g/mol. The van der Waals surface area contributed by atoms with Gasteiger partial charge < -0.3 is 20.1 Å². The summed E-state index contributed by atoms with van der Waals surface area (Å²) in [6, 6.07) is 9.11. The highest BCUT2D eigenvalue weighted by atomic mass is 16.6. The Morgan fingerprint density at radius 2 is 1.88 bits per heavy atom. The van der Waals surface area contributed by atoms with Crippen molar-refractivity contribution in [3.8, 4) is 0 Å². The van der Waals surface area contributed by atoms with E-state index in [9.17, 15) is 9.59 Å². The van der Waals surface area contributed by atoms with Crippen molar-refractivity contribution in [1.82, 2.24) is 10.6 Å². The second-order valence-electron chi connectivity index (χ2n) is 6.98. The largest absolute Gasteiger partial charge is 0.444 e. The molecule has 0 aliphatic heterocycles. The number of benzene rings is 1. The number of rotatable bonds is 7. The van der Waals surface area contributed by atoms with Crippen LogP contribution >= 0.6 is 0 Å². The van der Waals surface area contributed by atoms with Gasteiger partial charge in [0.1, 0.15) is 11.6 Å². The van der Waals surface area contributed by atoms with Crippen LogP contribution in [0.4, 0.5) is 4.79 Å². The zero-order chi connectivity index (χ0) is 17.6. The van der Waals surface area contributed by atoms with Crippen molar-refractivity contribution in [2.75, 3.05) is 6.61 Å². The molecule has 2 amide bonds. The van der Waals surface area contributed by atoms with Gasteiger partial charge in [0.25, 0.3) is 0 Å². The van der Waals surface area contributed by atoms with Crippen LogP contribution in [0.15, 0.2) is 30.3 Å². The lowest BCUT2D eigenvalue weighted by Gasteiger charge is -2.23. The number of carbonyl (C=O) groups is 2. The fourth-order valence-electron chi connectivity index (χ4n) is 2.03. The van der Waals surface area contributed by atoms with Crippen LogP contribution in [0.1, 0.15) is 39.2 Å². The summed E-state index contributed by atoms with van der Waals surface area (Å²) in [6.45, 7) is 5.80. The van der Waals surface area contributed by atoms with Gasteiger partial charge in [-0.15, -0.1) is 0 Å². The van der Waals surface area contributed by atoms with Gasteiger partial charge in [0, 0.05) is 6.04 Å². The predicted molar refractivity (Wildman–Crippen MR) is 90.4 cm³/mol. The number of ether oxygens (including phenoxy) is 2. The molecular formula is C18H26N2O4. The van der Waals surface area contributed by atoms with Crippen LogP contribution in [0, 0.1) is 0 Å². The van der Waals surface area contributed by atoms with Gasteiger partial charge >= 0.3 is 6.09 Å². The van der Waals surface area contributed by atoms with E-state index in [4.69, 9.17) is 9.47 Å². The predicted octanol–water partition coefficient (Wildman–Crippen LogP) is 2.38. The molecular weight excluding hydrogens is 308 g/mol. The second kappa shape index (κ2) is 8.15. The molecule has 1 saturated carbocycles. The van der Waals surface area contributed by atoms with E-state index in [1.165, 1.54) is 0 Å². The van der Waals surface area contributed by atoms with Gasteiger partial charge in [0.2, 0.25) is 5.91 Å². The maximum Gasteiger partial charge on any atom is 0.408 e. The Morgan fingerprint density at radius 3 is 2.46 bits per heavy atom. The number of carbonyl (C=O) groups excluding carboxylic acids is 2. The topological polar surface area (TPSA) is 76.7 Å². The van der Waals surface area contributed by atoms with Crippen molar-refractivity contribution in [1.29, 1.82) is 0 Å². The van der Waals surface area contributed by atoms with Crippen LogP contribution in [0.25, 0.3) is 0 Å². The molecule has 1 unspecified atom stereocenters. The lowest BCUT2D eigenvalue weighted by Crippen LogP contribution is -2.51. The van der Waals surface area contributed by atoms with Crippen LogP contribution < -0.4 is 10.6 Å². The molecule has 0 saturated heterocycles. The van der Waals surface area contributed by atoms with Crippen molar-refractivity contribution in [2.45, 2.75) is 57.9 Å². The summed E-state index contributed by atoms with van der Waals surface area (Å²) in [7, 11) is 0. The minimum Gasteiger partial charge on any atom is -0.444 e. The monoisotopic (exact) mass is 334 g/mol. The molecule has 0 aromatic heterocycles. The van der Waals surface area contributed by atoms with Crippen molar-refractivity contribution in [3.05, 3.63) is 35.9 Å². The van der Waals surface area contributed by atoms with Crippen LogP contribution in [0.5, 0.6) is 0 Å². The maximum absolute atomic E-state index is 12.3. The zero-order valence-corrected chi connectivity index (χ0v) is 14.5. The highest BCUT2D eigenvalue weighted by Crippen LogP contribution is 2.18. The summed E-state index contributed by atoms with van der Waals surface area (Å²) in [6.07, 6.45) is 1.34. The summed E-state index contributed by atoms with van der Waals surface area (Å²) in [4.78, 5) is 24.2. The van der Waals surface area contributed by atoms with E-state index in [0.717, 1.165) is 18.4 Å². The minimum atomic E-state index is -0.774. The molecule has 132 valence electrons. The summed E-state index contributed by atoms with van der Waals surface area (Å²) in [5.74, 6) is -0.239. The van der Waals surface area contributed by atoms with Crippen LogP contribution in [0.2, 0.25) is 0 Å². The fourth-order valence-corrected chi connectivity index (χ4v) is 2.03. The Hall–Kier alpha value is -2.08. The molecule has 1 atom stereocenters. The minimum absolute atomic E-state index is 0.0900. The van der Waals surface area contributed by atoms with Crippen LogP contribution in [-0.4, -0.2) is 36.3 Å². The van der Waals surface area contributed by atoms with Gasteiger partial charge in [-0.1, -0.05) is 30.3 Å². The molecule has 1 aromatic rings. The molecule has 0 radical (unpaired) electrons. The van der Waals surface area contributed by atoms with E-state index in [2.05, 4.69) is 10.6 Å². The van der Waals surface area contributed by atoms with Crippen molar-refractivity contribution in [3.63, 3.8) is 0 Å². The number of alkyl carbamates (subject to hydrolysis) is 1. The normalized spacial score (nSPS) is 15.5. The van der Waals surface area contributed by atoms with E-state index in [1.54, 1.807) is 20.8 Å². The highest BCUT2D eigenvalue weighted by molar-refractivity contribution is 5.86. The van der Waals surface area contributed by atoms with Gasteiger partial charge in [-0.2, -0.15) is 0 Å². The number of hydrogen-bond acceptors (Lipinski definition) is 4. The Kier molecular flexibility index (Phi) is 6.20. The first-order chi connectivity index (χ1) is 11.3. The molecule has 1 fully saturated rings. The van der Waals surface area contributed by atoms with Crippen molar-refractivity contribution in [2.24, 2.45) is 0 Å². The van der Waals surface area contributed by atoms with E-state index < -0.39 is 17.7 Å². The molecule has 1 aromatic carbocycles. The van der Waals surface area contributed by atoms with Gasteiger partial charge in [-0.25, -0.2) is 4.79 Å². The molecule has 0 bridgehead atoms. The smallest absolute Gasteiger partial charge is 0.408 e. The molecule has 0 spiro atoms. The quantitative estimate of drug-likeness (QED) is 0.803. The number of nitrogens with one attached hydrogen (secondary N) is 2. The van der Waals surface area contributed by atoms with E-state index in [1.807, 2.05) is 30.3 Å². The van der Waals surface area contributed by atoms with Crippen LogP contribution in [0.3, 0.4) is 0 Å². The van der Waals surface area contributed by atoms with Crippen molar-refractivity contribution >= 4 is 12.0 Å². The first kappa shape index (κ1) is 18.3. The standard InChI is InChI=1S/C18H26N2O4/c1-18(2,3)24-17(22)20-15(16(21)19-14-9-10-14)12-23-11-13-7-5-4-6-8-13/h4-8,14-15H,9-12H2,1-3H3,(H,19,21)(H,20,22). The molecule has 6 heteroatoms. The highest BCUT2D eigenvalue weighted by Gasteiger charge is 2.29. The Bertz CT molecular complexity index is 550. The van der Waals surface area contributed by atoms with E-state index in [0.29, 0.717) is 6.61 Å². The summed E-state index contributed by atoms with van der Waals surface area (Å²) in [5, 5.41) is 5.48. The third kappa shape index (κ3) is 7.00. The number of hydrogen-bond donors (Lipinski definition) is 2. The molecule has 2 rings (SSSR count). The van der Waals surface area contributed by atoms with Gasteiger partial charge in [0.05, 0.1) is 13.2 Å². The average Bonchev–Trinajstić information content (AvgIpc) is 3.29. The van der Waals surface area contributed by atoms with Crippen molar-refractivity contribution < 1.29 is 19.1 Å². The Balaban J connectivity index is 1.86. The Labute approximate surface area is 142 Å². The second-order valence-corrected chi connectivity index (χ2v) is 6.98. The molecule has 0 heterocycles. The molecule has 1 aliphatic carbocycles. The first-order valence-electron chi connectivity index (χ1n) is 8.25. The lowest BCUT2D eigenvalue weighted by molar-refractivity contribution is -0.125. The van der Waals surface area contributed by atoms with E-state index in [-0.39, 0.29) is 18.6 Å². The summed E-state index contributed by atoms with van der Waals surface area (Å²) < 4.78 is 10.8. The third-order valence-corrected chi connectivity index (χ3v) is 3.33. The number of amides is 2. The maximum atomic E-state index is 12.3. The summed E-state index contributed by atoms with van der Waals surface area (Å²) >= 11 is 0. The Morgan fingerprint density at radius 1 is 1.21 bits per heavy atom. The molecule has 6 nitrogen and oxygen atoms in total. The SMILES string of the molecule is CC(C)(C)OC(=O)NC(COCc1ccccc1)C(=O)NC1CC1. The molecule has 24 heavy (non-hydrogen) atoms. The summed E-state index contributed by atoms with van der Waals surface area (Å²) in [5.41, 5.74) is 0.392. The molecule has 1 aliphatic rings. The molecule has 2 N–H and O–H groups in total. The zero-order valence-electron chi connectivity index (χ0n) is 14.5. The van der Waals surface area contributed by atoms with Gasteiger partial charge in [-0.3, -0.25) is 4.79 Å². The van der Waals surface area contributed by atoms with E-state index >= 15 is 0 Å².